The SMILES string of the molecule is CC(C)(C)c1c2c(cc3oc4cccc(-c5ccccc5)c4c13)oc1cccc(-c3ccccc3)c12.CC(C)(C)c1c2c(cc3oc4ccccc4c13)oc1ccccc12.CC(C)(C)c1c2oc3ccccc3c2cc2c1oc1ccccc12.CC(C)(C)c1ccc2c(oc3ccccc32)c1C(C)(C)C.CC(C)(C)c1ccc2c(sc3ccccc32)c1C(C)(C)C.CC(C)(C)c1ccc2oc3ccccc3c2c1C(C)(C)C. The van der Waals surface area contributed by atoms with Crippen LogP contribution in [-0.4, -0.2) is 0 Å². The maximum atomic E-state index is 6.51. The van der Waals surface area contributed by atoms with Crippen LogP contribution >= 0.6 is 11.3 Å². The number of para-hydroxylation sites is 6. The van der Waals surface area contributed by atoms with Crippen LogP contribution < -0.4 is 0 Å². The fraction of sp³-hybridized carbons (Fsp3) is 0.261. The second-order valence-corrected chi connectivity index (χ2v) is 50.4. The van der Waals surface area contributed by atoms with Crippen molar-refractivity contribution in [1.29, 1.82) is 0 Å². The van der Waals surface area contributed by atoms with E-state index in [4.69, 9.17) is 35.3 Å². The molecule has 0 radical (unpaired) electrons. The number of hydrogen-bond acceptors (Lipinski definition) is 9. The summed E-state index contributed by atoms with van der Waals surface area (Å²) in [4.78, 5) is 0. The minimum atomic E-state index is -0.154. The van der Waals surface area contributed by atoms with Gasteiger partial charge in [-0.05, 0) is 177 Å². The first-order valence-corrected chi connectivity index (χ1v) is 52.8. The molecule has 0 bridgehead atoms. The lowest BCUT2D eigenvalue weighted by atomic mass is 9.73. The lowest BCUT2D eigenvalue weighted by Crippen LogP contribution is -2.22. The van der Waals surface area contributed by atoms with Gasteiger partial charge in [-0.15, -0.1) is 11.3 Å². The molecule has 0 unspecified atom stereocenters. The number of fused-ring (bicyclic) bond motifs is 27. The van der Waals surface area contributed by atoms with Crippen molar-refractivity contribution in [2.24, 2.45) is 0 Å². The number of benzene rings is 17. The van der Waals surface area contributed by atoms with Crippen molar-refractivity contribution in [2.45, 2.75) is 236 Å². The quantitative estimate of drug-likeness (QED) is 0.169. The molecule has 0 amide bonds. The van der Waals surface area contributed by atoms with E-state index in [-0.39, 0.29) is 48.7 Å². The van der Waals surface area contributed by atoms with Gasteiger partial charge in [0, 0.05) is 130 Å². The van der Waals surface area contributed by atoms with Gasteiger partial charge in [0.2, 0.25) is 0 Å². The monoisotopic (exact) mass is 1950 g/mol. The van der Waals surface area contributed by atoms with E-state index in [2.05, 4.69) is 442 Å². The van der Waals surface area contributed by atoms with Gasteiger partial charge in [0.15, 0.2) is 0 Å². The topological polar surface area (TPSA) is 105 Å². The maximum absolute atomic E-state index is 6.51. The second kappa shape index (κ2) is 36.2. The lowest BCUT2D eigenvalue weighted by molar-refractivity contribution is 0.523. The van der Waals surface area contributed by atoms with Crippen LogP contribution in [0.15, 0.2) is 357 Å². The van der Waals surface area contributed by atoms with Crippen LogP contribution in [0.25, 0.3) is 218 Å². The van der Waals surface area contributed by atoms with Crippen LogP contribution in [0.3, 0.4) is 0 Å². The standard InChI is InChI=1S/C34H26O2.2C22H18O2.2C20H24O.C20H24S/c1-34(2,3)33-31-27(35-25-18-10-16-23(29(25)31)21-12-6-4-7-13-21)20-28-32(33)30-24(17-11-19-26(30)36-28)22-14-8-5-9-15-22;1-22(2,3)19-20-15(13-8-4-6-10-17(13)23-20)12-16-14-9-5-7-11-18(14)24-21(16)19;1-22(2,3)21-19-13-8-4-6-10-15(13)23-17(19)12-18-20(21)14-9-5-7-11-16(14)24-18;1-19(2,3)14-11-12-16-17(18(14)20(4,5)6)13-9-7-8-10-15(13)21-16;2*1-19(2,3)15-12-11-14-13-9-7-8-10-16(13)21-18(14)17(15)20(4,5)6/h4-20H,1-3H3;2*4-12H,1-3H3;3*7-12H,1-6H3. The number of hydrogen-bond donors (Lipinski definition) is 0. The molecule has 0 N–H and O–H groups in total. The molecule has 9 heteroatoms. The Kier molecular flexibility index (Phi) is 24.2. The zero-order valence-electron chi connectivity index (χ0n) is 90.3. The van der Waals surface area contributed by atoms with Crippen LogP contribution in [0, 0.1) is 0 Å². The van der Waals surface area contributed by atoms with Gasteiger partial charge in [-0.3, -0.25) is 0 Å². The van der Waals surface area contributed by atoms with Crippen LogP contribution in [0.2, 0.25) is 0 Å². The average Bonchev–Trinajstić information content (AvgIpc) is 1.55. The number of thiophene rings is 1. The molecule has 26 aromatic rings. The van der Waals surface area contributed by atoms with E-state index in [1.54, 1.807) is 0 Å². The molecule has 147 heavy (non-hydrogen) atoms. The summed E-state index contributed by atoms with van der Waals surface area (Å²) in [6.07, 6.45) is 0. The van der Waals surface area contributed by atoms with E-state index in [0.29, 0.717) is 0 Å². The molecular weight excluding hydrogens is 1820 g/mol. The third-order valence-electron chi connectivity index (χ3n) is 29.0. The molecule has 0 saturated carbocycles. The first-order valence-electron chi connectivity index (χ1n) is 52.0. The first-order chi connectivity index (χ1) is 69.7. The summed E-state index contributed by atoms with van der Waals surface area (Å²) < 4.78 is 53.0. The van der Waals surface area contributed by atoms with Crippen molar-refractivity contribution in [3.05, 3.63) is 372 Å². The molecule has 17 aromatic carbocycles. The summed E-state index contributed by atoms with van der Waals surface area (Å²) in [5, 5.41) is 21.8. The van der Waals surface area contributed by atoms with Crippen molar-refractivity contribution in [3.63, 3.8) is 0 Å². The Morgan fingerprint density at radius 1 is 0.156 bits per heavy atom. The van der Waals surface area contributed by atoms with E-state index in [9.17, 15) is 0 Å². The zero-order chi connectivity index (χ0) is 104. The summed E-state index contributed by atoms with van der Waals surface area (Å²) in [7, 11) is 0. The Hall–Kier alpha value is -14.6. The summed E-state index contributed by atoms with van der Waals surface area (Å²) in [5.41, 5.74) is 32.3. The smallest absolute Gasteiger partial charge is 0.142 e. The normalized spacial score (nSPS) is 12.9. The Morgan fingerprint density at radius 3 is 0.830 bits per heavy atom. The summed E-state index contributed by atoms with van der Waals surface area (Å²) >= 11 is 1.95. The minimum absolute atomic E-state index is 0.0307. The largest absolute Gasteiger partial charge is 0.456 e. The zero-order valence-corrected chi connectivity index (χ0v) is 91.1. The first kappa shape index (κ1) is 98.4. The average molecular weight is 1950 g/mol. The van der Waals surface area contributed by atoms with Crippen molar-refractivity contribution < 1.29 is 35.3 Å². The predicted molar refractivity (Wildman–Crippen MR) is 629 cm³/mol. The van der Waals surface area contributed by atoms with Gasteiger partial charge in [0.05, 0.1) is 0 Å². The van der Waals surface area contributed by atoms with Crippen molar-refractivity contribution >= 4 is 207 Å². The molecule has 9 aromatic heterocycles. The molecule has 8 nitrogen and oxygen atoms in total. The second-order valence-electron chi connectivity index (χ2n) is 49.3. The third-order valence-corrected chi connectivity index (χ3v) is 30.2. The van der Waals surface area contributed by atoms with Crippen LogP contribution in [0.1, 0.15) is 237 Å². The van der Waals surface area contributed by atoms with Gasteiger partial charge in [-0.2, -0.15) is 0 Å². The molecular formula is C138H134O8S. The molecule has 26 rings (SSSR count). The Balaban J connectivity index is 0.000000105. The van der Waals surface area contributed by atoms with E-state index in [1.165, 1.54) is 141 Å². The van der Waals surface area contributed by atoms with Gasteiger partial charge < -0.3 is 35.3 Å². The Morgan fingerprint density at radius 2 is 0.435 bits per heavy atom. The molecule has 740 valence electrons. The minimum Gasteiger partial charge on any atom is -0.456 e. The van der Waals surface area contributed by atoms with Gasteiger partial charge in [-0.25, -0.2) is 0 Å². The maximum Gasteiger partial charge on any atom is 0.142 e. The van der Waals surface area contributed by atoms with Gasteiger partial charge in [0.25, 0.3) is 0 Å². The highest BCUT2D eigenvalue weighted by molar-refractivity contribution is 7.26. The molecule has 0 saturated heterocycles. The van der Waals surface area contributed by atoms with Crippen LogP contribution in [0.4, 0.5) is 0 Å². The molecule has 0 fully saturated rings. The van der Waals surface area contributed by atoms with Gasteiger partial charge in [-0.1, -0.05) is 430 Å². The number of furan rings is 8. The lowest BCUT2D eigenvalue weighted by Gasteiger charge is -2.30. The van der Waals surface area contributed by atoms with Crippen LogP contribution in [-0.2, 0) is 48.7 Å². The Labute approximate surface area is 865 Å². The van der Waals surface area contributed by atoms with E-state index in [0.717, 1.165) is 127 Å². The molecule has 0 aliphatic heterocycles. The fourth-order valence-corrected chi connectivity index (χ4v) is 24.3. The predicted octanol–water partition coefficient (Wildman–Crippen LogP) is 42.7. The van der Waals surface area contributed by atoms with E-state index < -0.39 is 0 Å². The van der Waals surface area contributed by atoms with Crippen molar-refractivity contribution in [1.82, 2.24) is 0 Å². The van der Waals surface area contributed by atoms with Gasteiger partial charge >= 0.3 is 0 Å². The Bertz CT molecular complexity index is 9110. The third kappa shape index (κ3) is 17.8. The summed E-state index contributed by atoms with van der Waals surface area (Å²) in [6.45, 7) is 61.5. The molecule has 0 aliphatic carbocycles. The van der Waals surface area contributed by atoms with Crippen LogP contribution in [0.5, 0.6) is 0 Å². The highest BCUT2D eigenvalue weighted by atomic mass is 32.1. The van der Waals surface area contributed by atoms with Crippen molar-refractivity contribution in [3.8, 4) is 22.3 Å². The molecule has 0 aliphatic rings. The molecule has 9 heterocycles. The van der Waals surface area contributed by atoms with Crippen molar-refractivity contribution in [2.75, 3.05) is 0 Å². The molecule has 0 spiro atoms. The van der Waals surface area contributed by atoms with E-state index in [1.807, 2.05) is 78.1 Å². The summed E-state index contributed by atoms with van der Waals surface area (Å²) in [6, 6.07) is 112. The number of rotatable bonds is 2. The summed E-state index contributed by atoms with van der Waals surface area (Å²) in [5.74, 6) is 0. The highest BCUT2D eigenvalue weighted by Gasteiger charge is 2.37. The highest BCUT2D eigenvalue weighted by Crippen LogP contribution is 2.54. The molecule has 0 atom stereocenters. The van der Waals surface area contributed by atoms with Gasteiger partial charge in [0.1, 0.15) is 89.3 Å². The van der Waals surface area contributed by atoms with E-state index >= 15 is 0 Å². The fourth-order valence-electron chi connectivity index (χ4n) is 22.8.